The van der Waals surface area contributed by atoms with E-state index in [1.54, 1.807) is 24.8 Å². The molecule has 0 amide bonds. The molecule has 3 nitrogen and oxygen atoms in total. The van der Waals surface area contributed by atoms with Gasteiger partial charge in [0, 0.05) is 22.9 Å². The maximum absolute atomic E-state index is 13.3. The van der Waals surface area contributed by atoms with Crippen LogP contribution in [-0.4, -0.2) is 17.3 Å². The summed E-state index contributed by atoms with van der Waals surface area (Å²) in [7, 11) is 0. The molecule has 1 aromatic heterocycles. The van der Waals surface area contributed by atoms with Gasteiger partial charge < -0.3 is 10.6 Å². The van der Waals surface area contributed by atoms with Gasteiger partial charge in [0.15, 0.2) is 0 Å². The van der Waals surface area contributed by atoms with E-state index in [1.807, 2.05) is 18.2 Å². The Hall–Kier alpha value is -1.75. The van der Waals surface area contributed by atoms with Crippen molar-refractivity contribution in [1.82, 2.24) is 4.98 Å². The molecule has 0 atom stereocenters. The number of aromatic nitrogens is 1. The molecule has 0 fully saturated rings. The van der Waals surface area contributed by atoms with E-state index in [0.717, 1.165) is 29.5 Å². The van der Waals surface area contributed by atoms with Gasteiger partial charge in [-0.15, -0.1) is 11.8 Å². The van der Waals surface area contributed by atoms with E-state index in [2.05, 4.69) is 9.88 Å². The van der Waals surface area contributed by atoms with Crippen LogP contribution in [0, 0.1) is 12.7 Å². The van der Waals surface area contributed by atoms with E-state index in [0.29, 0.717) is 5.69 Å². The predicted molar refractivity (Wildman–Crippen MR) is 77.5 cm³/mol. The molecule has 0 unspecified atom stereocenters. The van der Waals surface area contributed by atoms with Crippen LogP contribution < -0.4 is 10.6 Å². The fourth-order valence-corrected chi connectivity index (χ4v) is 3.13. The van der Waals surface area contributed by atoms with Crippen molar-refractivity contribution >= 4 is 29.0 Å². The highest BCUT2D eigenvalue weighted by atomic mass is 32.2. The highest BCUT2D eigenvalue weighted by Gasteiger charge is 2.20. The average molecular weight is 275 g/mol. The number of nitrogens with zero attached hydrogens (tertiary/aromatic N) is 2. The number of rotatable bonds is 1. The standard InChI is InChI=1S/C14H14FN3S/c1-9-11(15)3-5-14(17-9)18-6-7-19-13-4-2-10(16)8-12(13)18/h2-5,8H,6-7,16H2,1H3. The minimum atomic E-state index is -0.275. The van der Waals surface area contributed by atoms with Crippen molar-refractivity contribution in [2.24, 2.45) is 0 Å². The number of fused-ring (bicyclic) bond motifs is 1. The largest absolute Gasteiger partial charge is 0.399 e. The molecule has 19 heavy (non-hydrogen) atoms. The lowest BCUT2D eigenvalue weighted by molar-refractivity contribution is 0.609. The second-order valence-corrected chi connectivity index (χ2v) is 5.60. The molecule has 2 N–H and O–H groups in total. The topological polar surface area (TPSA) is 42.2 Å². The first kappa shape index (κ1) is 12.3. The molecule has 0 aliphatic carbocycles. The van der Waals surface area contributed by atoms with Crippen molar-refractivity contribution in [3.8, 4) is 0 Å². The quantitative estimate of drug-likeness (QED) is 0.810. The Morgan fingerprint density at radius 2 is 2.16 bits per heavy atom. The predicted octanol–water partition coefficient (Wildman–Crippen LogP) is 3.36. The smallest absolute Gasteiger partial charge is 0.144 e. The Bertz CT molecular complexity index is 630. The maximum Gasteiger partial charge on any atom is 0.144 e. The highest BCUT2D eigenvalue weighted by Crippen LogP contribution is 2.39. The third kappa shape index (κ3) is 2.26. The number of thioether (sulfide) groups is 1. The van der Waals surface area contributed by atoms with Crippen LogP contribution >= 0.6 is 11.8 Å². The number of benzene rings is 1. The summed E-state index contributed by atoms with van der Waals surface area (Å²) in [5.74, 6) is 1.48. The fraction of sp³-hybridized carbons (Fsp3) is 0.214. The van der Waals surface area contributed by atoms with E-state index in [1.165, 1.54) is 11.0 Å². The molecule has 1 aliphatic rings. The number of hydrogen-bond acceptors (Lipinski definition) is 4. The van der Waals surface area contributed by atoms with Crippen molar-refractivity contribution in [2.45, 2.75) is 11.8 Å². The summed E-state index contributed by atoms with van der Waals surface area (Å²) in [6.07, 6.45) is 0. The summed E-state index contributed by atoms with van der Waals surface area (Å²) >= 11 is 1.80. The van der Waals surface area contributed by atoms with Gasteiger partial charge in [0.1, 0.15) is 11.6 Å². The van der Waals surface area contributed by atoms with E-state index >= 15 is 0 Å². The van der Waals surface area contributed by atoms with E-state index in [4.69, 9.17) is 5.73 Å². The zero-order chi connectivity index (χ0) is 13.4. The molecule has 3 rings (SSSR count). The van der Waals surface area contributed by atoms with Gasteiger partial charge in [-0.25, -0.2) is 9.37 Å². The number of aryl methyl sites for hydroxylation is 1. The Morgan fingerprint density at radius 1 is 1.32 bits per heavy atom. The van der Waals surface area contributed by atoms with Gasteiger partial charge in [-0.3, -0.25) is 0 Å². The van der Waals surface area contributed by atoms with Crippen molar-refractivity contribution < 1.29 is 4.39 Å². The van der Waals surface area contributed by atoms with Crippen LogP contribution in [0.25, 0.3) is 0 Å². The highest BCUT2D eigenvalue weighted by molar-refractivity contribution is 7.99. The second-order valence-electron chi connectivity index (χ2n) is 4.46. The molecule has 0 bridgehead atoms. The SMILES string of the molecule is Cc1nc(N2CCSc3ccc(N)cc32)ccc1F. The van der Waals surface area contributed by atoms with Crippen LogP contribution in [-0.2, 0) is 0 Å². The van der Waals surface area contributed by atoms with Gasteiger partial charge in [-0.1, -0.05) is 0 Å². The summed E-state index contributed by atoms with van der Waals surface area (Å²) in [4.78, 5) is 7.60. The monoisotopic (exact) mass is 275 g/mol. The number of anilines is 3. The summed E-state index contributed by atoms with van der Waals surface area (Å²) in [6.45, 7) is 2.52. The van der Waals surface area contributed by atoms with Gasteiger partial charge in [-0.2, -0.15) is 0 Å². The minimum Gasteiger partial charge on any atom is -0.399 e. The third-order valence-electron chi connectivity index (χ3n) is 3.13. The fourth-order valence-electron chi connectivity index (χ4n) is 2.15. The summed E-state index contributed by atoms with van der Waals surface area (Å²) in [5, 5.41) is 0. The Balaban J connectivity index is 2.07. The van der Waals surface area contributed by atoms with Crippen LogP contribution in [0.4, 0.5) is 21.6 Å². The molecule has 98 valence electrons. The van der Waals surface area contributed by atoms with Gasteiger partial charge in [0.25, 0.3) is 0 Å². The second kappa shape index (κ2) is 4.74. The summed E-state index contributed by atoms with van der Waals surface area (Å²) < 4.78 is 13.3. The molecule has 5 heteroatoms. The number of pyridine rings is 1. The van der Waals surface area contributed by atoms with Crippen molar-refractivity contribution in [3.63, 3.8) is 0 Å². The third-order valence-corrected chi connectivity index (χ3v) is 4.17. The molecule has 1 aliphatic heterocycles. The Morgan fingerprint density at radius 3 is 2.95 bits per heavy atom. The molecular weight excluding hydrogens is 261 g/mol. The summed E-state index contributed by atoms with van der Waals surface area (Å²) in [5.41, 5.74) is 8.06. The summed E-state index contributed by atoms with van der Waals surface area (Å²) in [6, 6.07) is 9.05. The zero-order valence-corrected chi connectivity index (χ0v) is 11.4. The minimum absolute atomic E-state index is 0.275. The number of halogens is 1. The van der Waals surface area contributed by atoms with E-state index in [9.17, 15) is 4.39 Å². The Labute approximate surface area is 115 Å². The first-order valence-electron chi connectivity index (χ1n) is 6.08. The van der Waals surface area contributed by atoms with Crippen LogP contribution in [0.15, 0.2) is 35.2 Å². The number of nitrogen functional groups attached to an aromatic ring is 1. The lowest BCUT2D eigenvalue weighted by atomic mass is 10.2. The lowest BCUT2D eigenvalue weighted by Crippen LogP contribution is -2.25. The molecule has 1 aromatic carbocycles. The number of hydrogen-bond donors (Lipinski definition) is 1. The van der Waals surface area contributed by atoms with Crippen LogP contribution in [0.2, 0.25) is 0 Å². The van der Waals surface area contributed by atoms with Gasteiger partial charge >= 0.3 is 0 Å². The molecule has 0 radical (unpaired) electrons. The van der Waals surface area contributed by atoms with Crippen LogP contribution in [0.1, 0.15) is 5.69 Å². The van der Waals surface area contributed by atoms with Crippen LogP contribution in [0.3, 0.4) is 0 Å². The first-order chi connectivity index (χ1) is 9.15. The molecule has 0 saturated heterocycles. The normalized spacial score (nSPS) is 14.3. The van der Waals surface area contributed by atoms with Gasteiger partial charge in [0.2, 0.25) is 0 Å². The molecule has 2 aromatic rings. The first-order valence-corrected chi connectivity index (χ1v) is 7.07. The molecule has 0 saturated carbocycles. The van der Waals surface area contributed by atoms with Gasteiger partial charge in [0.05, 0.1) is 11.4 Å². The Kier molecular flexibility index (Phi) is 3.06. The van der Waals surface area contributed by atoms with Crippen LogP contribution in [0.5, 0.6) is 0 Å². The maximum atomic E-state index is 13.3. The molecule has 2 heterocycles. The van der Waals surface area contributed by atoms with E-state index in [-0.39, 0.29) is 5.82 Å². The molecule has 0 spiro atoms. The molecular formula is C14H14FN3S. The van der Waals surface area contributed by atoms with Gasteiger partial charge in [-0.05, 0) is 37.3 Å². The lowest BCUT2D eigenvalue weighted by Gasteiger charge is -2.30. The zero-order valence-electron chi connectivity index (χ0n) is 10.6. The van der Waals surface area contributed by atoms with E-state index < -0.39 is 0 Å². The van der Waals surface area contributed by atoms with Crippen molar-refractivity contribution in [1.29, 1.82) is 0 Å². The average Bonchev–Trinajstić information content (AvgIpc) is 2.41. The van der Waals surface area contributed by atoms with Crippen molar-refractivity contribution in [2.75, 3.05) is 22.9 Å². The number of nitrogens with two attached hydrogens (primary N) is 1. The van der Waals surface area contributed by atoms with Crippen molar-refractivity contribution in [3.05, 3.63) is 41.8 Å².